The molecule has 1 aliphatic rings. The van der Waals surface area contributed by atoms with Crippen LogP contribution in [0.4, 0.5) is 0 Å². The maximum atomic E-state index is 6.69. The molecule has 1 atom stereocenters. The average Bonchev–Trinajstić information content (AvgIpc) is 3.87. The van der Waals surface area contributed by atoms with E-state index in [1.807, 2.05) is 6.07 Å². The van der Waals surface area contributed by atoms with Crippen molar-refractivity contribution in [2.45, 2.75) is 44.4 Å². The molecule has 11 rings (SSSR count). The number of furan rings is 2. The predicted molar refractivity (Wildman–Crippen MR) is 229 cm³/mol. The topological polar surface area (TPSA) is 26.3 Å². The highest BCUT2D eigenvalue weighted by molar-refractivity contribution is 6.12. The van der Waals surface area contributed by atoms with E-state index in [4.69, 9.17) is 8.83 Å². The lowest BCUT2D eigenvalue weighted by molar-refractivity contribution is 0.600. The maximum absolute atomic E-state index is 6.69. The molecule has 0 bridgehead atoms. The first-order valence-corrected chi connectivity index (χ1v) is 19.6. The summed E-state index contributed by atoms with van der Waals surface area (Å²) in [5.41, 5.74) is 15.7. The van der Waals surface area contributed by atoms with Crippen LogP contribution < -0.4 is 0 Å². The average molecular weight is 709 g/mol. The Morgan fingerprint density at radius 2 is 1.04 bits per heavy atom. The fourth-order valence-corrected chi connectivity index (χ4v) is 9.72. The van der Waals surface area contributed by atoms with Gasteiger partial charge >= 0.3 is 0 Å². The van der Waals surface area contributed by atoms with Gasteiger partial charge in [0.1, 0.15) is 22.3 Å². The van der Waals surface area contributed by atoms with Crippen molar-refractivity contribution in [3.05, 3.63) is 192 Å². The SMILES string of the molecule is CC1(C)c2ccccc2-c2ccc(CC(CCc3ccc(-c4cccc5c4oc4ccccc45)c4ccccc34)c3cccc4c3oc3ccccc34)cc21. The van der Waals surface area contributed by atoms with Gasteiger partial charge in [0.05, 0.1) is 0 Å². The molecule has 1 unspecified atom stereocenters. The second kappa shape index (κ2) is 12.3. The zero-order valence-corrected chi connectivity index (χ0v) is 31.1. The molecule has 10 aromatic rings. The third kappa shape index (κ3) is 5.01. The molecule has 0 radical (unpaired) electrons. The van der Waals surface area contributed by atoms with E-state index in [1.165, 1.54) is 66.1 Å². The molecular weight excluding hydrogens is 669 g/mol. The van der Waals surface area contributed by atoms with Gasteiger partial charge in [-0.2, -0.15) is 0 Å². The van der Waals surface area contributed by atoms with Crippen LogP contribution in [0.3, 0.4) is 0 Å². The van der Waals surface area contributed by atoms with Crippen molar-refractivity contribution in [2.24, 2.45) is 0 Å². The molecule has 0 saturated heterocycles. The number of para-hydroxylation sites is 4. The normalized spacial score (nSPS) is 13.9. The van der Waals surface area contributed by atoms with Crippen LogP contribution in [-0.2, 0) is 18.3 Å². The number of aryl methyl sites for hydroxylation is 1. The first-order valence-electron chi connectivity index (χ1n) is 19.6. The maximum Gasteiger partial charge on any atom is 0.143 e. The van der Waals surface area contributed by atoms with Crippen LogP contribution in [0.25, 0.3) is 76.9 Å². The van der Waals surface area contributed by atoms with Crippen LogP contribution in [0.15, 0.2) is 173 Å². The van der Waals surface area contributed by atoms with Crippen LogP contribution >= 0.6 is 0 Å². The van der Waals surface area contributed by atoms with E-state index >= 15 is 0 Å². The third-order valence-corrected chi connectivity index (χ3v) is 12.5. The second-order valence-corrected chi connectivity index (χ2v) is 15.9. The van der Waals surface area contributed by atoms with Gasteiger partial charge in [0.25, 0.3) is 0 Å². The summed E-state index contributed by atoms with van der Waals surface area (Å²) in [7, 11) is 0. The van der Waals surface area contributed by atoms with Crippen LogP contribution in [0.1, 0.15) is 54.0 Å². The van der Waals surface area contributed by atoms with E-state index in [9.17, 15) is 0 Å². The van der Waals surface area contributed by atoms with Crippen molar-refractivity contribution in [1.29, 1.82) is 0 Å². The molecular formula is C53H40O2. The van der Waals surface area contributed by atoms with Gasteiger partial charge in [0, 0.05) is 32.5 Å². The number of benzene rings is 8. The lowest BCUT2D eigenvalue weighted by Crippen LogP contribution is -2.15. The molecule has 0 amide bonds. The molecule has 1 aliphatic carbocycles. The summed E-state index contributed by atoms with van der Waals surface area (Å²) in [4.78, 5) is 0. The number of hydrogen-bond donors (Lipinski definition) is 0. The number of rotatable bonds is 7. The molecule has 0 aliphatic heterocycles. The summed E-state index contributed by atoms with van der Waals surface area (Å²) in [6.45, 7) is 4.75. The lowest BCUT2D eigenvalue weighted by Gasteiger charge is -2.23. The van der Waals surface area contributed by atoms with E-state index in [2.05, 4.69) is 172 Å². The van der Waals surface area contributed by atoms with Gasteiger partial charge in [-0.25, -0.2) is 0 Å². The molecule has 2 heterocycles. The Labute approximate surface area is 320 Å². The molecule has 0 N–H and O–H groups in total. The highest BCUT2D eigenvalue weighted by Gasteiger charge is 2.35. The van der Waals surface area contributed by atoms with E-state index in [0.29, 0.717) is 0 Å². The minimum Gasteiger partial charge on any atom is -0.456 e. The molecule has 0 saturated carbocycles. The largest absolute Gasteiger partial charge is 0.456 e. The van der Waals surface area contributed by atoms with Crippen molar-refractivity contribution in [3.63, 3.8) is 0 Å². The summed E-state index contributed by atoms with van der Waals surface area (Å²) in [5, 5.41) is 7.23. The zero-order valence-electron chi connectivity index (χ0n) is 31.1. The summed E-state index contributed by atoms with van der Waals surface area (Å²) >= 11 is 0. The Balaban J connectivity index is 1.000. The first kappa shape index (κ1) is 32.1. The Kier molecular flexibility index (Phi) is 7.19. The van der Waals surface area contributed by atoms with Gasteiger partial charge in [-0.05, 0) is 92.6 Å². The van der Waals surface area contributed by atoms with Gasteiger partial charge in [0.2, 0.25) is 0 Å². The second-order valence-electron chi connectivity index (χ2n) is 15.9. The van der Waals surface area contributed by atoms with Gasteiger partial charge < -0.3 is 8.83 Å². The van der Waals surface area contributed by atoms with Crippen molar-refractivity contribution in [2.75, 3.05) is 0 Å². The Morgan fingerprint density at radius 3 is 1.84 bits per heavy atom. The van der Waals surface area contributed by atoms with Crippen LogP contribution in [0.5, 0.6) is 0 Å². The standard InChI is InChI=1S/C53H40O2/c1-53(2)47-22-8-5-15-40(47)41-29-25-33(32-48(41)53)31-35(37-18-11-20-45-42-16-6-9-23-49(42)54-51(37)45)27-26-34-28-30-39(38-14-4-3-13-36(34)38)44-19-12-21-46-43-17-7-10-24-50(43)55-52(44)46/h3-25,28-30,32,35H,26-27,31H2,1-2H3. The summed E-state index contributed by atoms with van der Waals surface area (Å²) in [6, 6.07) is 59.8. The van der Waals surface area contributed by atoms with E-state index in [1.54, 1.807) is 0 Å². The van der Waals surface area contributed by atoms with Crippen LogP contribution in [-0.4, -0.2) is 0 Å². The molecule has 2 heteroatoms. The van der Waals surface area contributed by atoms with Crippen LogP contribution in [0, 0.1) is 0 Å². The van der Waals surface area contributed by atoms with Crippen LogP contribution in [0.2, 0.25) is 0 Å². The van der Waals surface area contributed by atoms with Crippen molar-refractivity contribution >= 4 is 54.6 Å². The molecule has 0 spiro atoms. The van der Waals surface area contributed by atoms with Crippen molar-refractivity contribution < 1.29 is 8.83 Å². The van der Waals surface area contributed by atoms with E-state index < -0.39 is 0 Å². The molecule has 0 fully saturated rings. The quantitative estimate of drug-likeness (QED) is 0.165. The van der Waals surface area contributed by atoms with Crippen molar-refractivity contribution in [3.8, 4) is 22.3 Å². The Hall–Kier alpha value is -6.38. The molecule has 55 heavy (non-hydrogen) atoms. The Bertz CT molecular complexity index is 3120. The summed E-state index contributed by atoms with van der Waals surface area (Å²) in [5.74, 6) is 0.247. The smallest absolute Gasteiger partial charge is 0.143 e. The van der Waals surface area contributed by atoms with E-state index in [-0.39, 0.29) is 11.3 Å². The zero-order chi connectivity index (χ0) is 36.7. The van der Waals surface area contributed by atoms with Gasteiger partial charge in [-0.3, -0.25) is 0 Å². The monoisotopic (exact) mass is 708 g/mol. The summed E-state index contributed by atoms with van der Waals surface area (Å²) < 4.78 is 13.2. The first-order chi connectivity index (χ1) is 27.0. The van der Waals surface area contributed by atoms with Gasteiger partial charge in [0.15, 0.2) is 0 Å². The minimum absolute atomic E-state index is 0.0381. The number of hydrogen-bond acceptors (Lipinski definition) is 2. The predicted octanol–water partition coefficient (Wildman–Crippen LogP) is 14.6. The molecule has 264 valence electrons. The fourth-order valence-electron chi connectivity index (χ4n) is 9.72. The molecule has 2 nitrogen and oxygen atoms in total. The Morgan fingerprint density at radius 1 is 0.455 bits per heavy atom. The van der Waals surface area contributed by atoms with Crippen molar-refractivity contribution in [1.82, 2.24) is 0 Å². The minimum atomic E-state index is -0.0381. The van der Waals surface area contributed by atoms with Gasteiger partial charge in [-0.15, -0.1) is 0 Å². The highest BCUT2D eigenvalue weighted by Crippen LogP contribution is 2.49. The lowest BCUT2D eigenvalue weighted by atomic mass is 9.80. The third-order valence-electron chi connectivity index (χ3n) is 12.5. The molecule has 2 aromatic heterocycles. The number of fused-ring (bicyclic) bond motifs is 10. The fraction of sp³-hybridized carbons (Fsp3) is 0.132. The van der Waals surface area contributed by atoms with Gasteiger partial charge in [-0.1, -0.05) is 166 Å². The highest BCUT2D eigenvalue weighted by atomic mass is 16.3. The molecule has 8 aromatic carbocycles. The van der Waals surface area contributed by atoms with E-state index in [0.717, 1.165) is 57.9 Å². The summed E-state index contributed by atoms with van der Waals surface area (Å²) in [6.07, 6.45) is 2.86.